The zero-order valence-corrected chi connectivity index (χ0v) is 14.3. The van der Waals surface area contributed by atoms with Gasteiger partial charge in [-0.05, 0) is 18.4 Å². The monoisotopic (exact) mass is 331 g/mol. The summed E-state index contributed by atoms with van der Waals surface area (Å²) in [4.78, 5) is 38.0. The lowest BCUT2D eigenvalue weighted by Crippen LogP contribution is -2.47. The Balaban J connectivity index is 1.97. The van der Waals surface area contributed by atoms with E-state index in [-0.39, 0.29) is 18.4 Å². The summed E-state index contributed by atoms with van der Waals surface area (Å²) in [6, 6.07) is 9.02. The molecule has 6 heteroatoms. The van der Waals surface area contributed by atoms with E-state index >= 15 is 0 Å². The lowest BCUT2D eigenvalue weighted by molar-refractivity contribution is -0.135. The molecule has 0 spiro atoms. The summed E-state index contributed by atoms with van der Waals surface area (Å²) in [5.74, 6) is -0.628. The maximum absolute atomic E-state index is 12.7. The first kappa shape index (κ1) is 18.0. The normalized spacial score (nSPS) is 16.2. The van der Waals surface area contributed by atoms with Crippen LogP contribution in [0.4, 0.5) is 4.79 Å². The number of urea groups is 1. The average molecular weight is 331 g/mol. The molecule has 0 bridgehead atoms. The molecule has 2 N–H and O–H groups in total. The number of carbonyl (C=O) groups is 3. The fraction of sp³-hybridized carbons (Fsp3) is 0.500. The summed E-state index contributed by atoms with van der Waals surface area (Å²) < 4.78 is 0. The first-order chi connectivity index (χ1) is 11.5. The van der Waals surface area contributed by atoms with E-state index in [0.717, 1.165) is 23.3 Å². The van der Waals surface area contributed by atoms with Gasteiger partial charge in [0.1, 0.15) is 12.1 Å². The van der Waals surface area contributed by atoms with Crippen molar-refractivity contribution in [2.75, 3.05) is 6.54 Å². The Labute approximate surface area is 142 Å². The highest BCUT2D eigenvalue weighted by molar-refractivity contribution is 6.09. The third kappa shape index (κ3) is 3.93. The van der Waals surface area contributed by atoms with Gasteiger partial charge in [0, 0.05) is 6.54 Å². The summed E-state index contributed by atoms with van der Waals surface area (Å²) in [6.45, 7) is 4.09. The Hall–Kier alpha value is -2.37. The van der Waals surface area contributed by atoms with Gasteiger partial charge in [0.05, 0.1) is 0 Å². The van der Waals surface area contributed by atoms with E-state index in [1.54, 1.807) is 0 Å². The maximum Gasteiger partial charge on any atom is 0.325 e. The van der Waals surface area contributed by atoms with Crippen molar-refractivity contribution < 1.29 is 14.4 Å². The van der Waals surface area contributed by atoms with E-state index in [2.05, 4.69) is 10.6 Å². The second kappa shape index (κ2) is 7.95. The van der Waals surface area contributed by atoms with Gasteiger partial charge in [-0.3, -0.25) is 14.5 Å². The first-order valence-electron chi connectivity index (χ1n) is 8.47. The van der Waals surface area contributed by atoms with Crippen molar-refractivity contribution in [1.82, 2.24) is 15.5 Å². The van der Waals surface area contributed by atoms with Crippen LogP contribution < -0.4 is 10.6 Å². The van der Waals surface area contributed by atoms with Gasteiger partial charge in [-0.15, -0.1) is 0 Å². The van der Waals surface area contributed by atoms with E-state index in [1.807, 2.05) is 44.2 Å². The van der Waals surface area contributed by atoms with Crippen molar-refractivity contribution >= 4 is 17.8 Å². The Morgan fingerprint density at radius 2 is 1.75 bits per heavy atom. The second-order valence-electron chi connectivity index (χ2n) is 6.17. The fourth-order valence-electron chi connectivity index (χ4n) is 3.13. The minimum absolute atomic E-state index is 0.243. The number of hydrogen-bond acceptors (Lipinski definition) is 3. The Morgan fingerprint density at radius 3 is 2.33 bits per heavy atom. The highest BCUT2D eigenvalue weighted by Gasteiger charge is 2.50. The van der Waals surface area contributed by atoms with Crippen molar-refractivity contribution in [1.29, 1.82) is 0 Å². The summed E-state index contributed by atoms with van der Waals surface area (Å²) in [5.41, 5.74) is 0.120. The maximum atomic E-state index is 12.7. The summed E-state index contributed by atoms with van der Waals surface area (Å²) >= 11 is 0. The standard InChI is InChI=1S/C18H25N3O3/c1-3-10-18(11-4-2)16(23)21(17(24)20-18)13-15(22)19-12-14-8-6-5-7-9-14/h5-9H,3-4,10-13H2,1-2H3,(H,19,22)(H,20,24). The Bertz CT molecular complexity index is 595. The molecule has 1 heterocycles. The number of amides is 4. The van der Waals surface area contributed by atoms with Crippen LogP contribution in [-0.2, 0) is 16.1 Å². The average Bonchev–Trinajstić information content (AvgIpc) is 2.79. The van der Waals surface area contributed by atoms with Crippen molar-refractivity contribution in [2.45, 2.75) is 51.6 Å². The predicted molar refractivity (Wildman–Crippen MR) is 91.1 cm³/mol. The number of benzene rings is 1. The van der Waals surface area contributed by atoms with Gasteiger partial charge in [-0.25, -0.2) is 4.79 Å². The molecule has 1 aliphatic rings. The molecular formula is C18H25N3O3. The van der Waals surface area contributed by atoms with Gasteiger partial charge in [-0.1, -0.05) is 57.0 Å². The smallest absolute Gasteiger partial charge is 0.325 e. The fourth-order valence-corrected chi connectivity index (χ4v) is 3.13. The molecule has 1 saturated heterocycles. The molecule has 0 aliphatic carbocycles. The Morgan fingerprint density at radius 1 is 1.12 bits per heavy atom. The van der Waals surface area contributed by atoms with Crippen LogP contribution in [0.15, 0.2) is 30.3 Å². The van der Waals surface area contributed by atoms with Gasteiger partial charge in [-0.2, -0.15) is 0 Å². The highest BCUT2D eigenvalue weighted by Crippen LogP contribution is 2.27. The van der Waals surface area contributed by atoms with Crippen LogP contribution in [0.1, 0.15) is 45.1 Å². The SMILES string of the molecule is CCCC1(CCC)NC(=O)N(CC(=O)NCc2ccccc2)C1=O. The van der Waals surface area contributed by atoms with E-state index in [0.29, 0.717) is 19.4 Å². The molecule has 6 nitrogen and oxygen atoms in total. The van der Waals surface area contributed by atoms with E-state index < -0.39 is 11.6 Å². The molecule has 0 unspecified atom stereocenters. The summed E-state index contributed by atoms with van der Waals surface area (Å²) in [6.07, 6.45) is 2.77. The molecule has 0 aromatic heterocycles. The lowest BCUT2D eigenvalue weighted by Gasteiger charge is -2.25. The van der Waals surface area contributed by atoms with E-state index in [4.69, 9.17) is 0 Å². The quantitative estimate of drug-likeness (QED) is 0.717. The van der Waals surface area contributed by atoms with Crippen LogP contribution in [0.3, 0.4) is 0 Å². The number of hydrogen-bond donors (Lipinski definition) is 2. The van der Waals surface area contributed by atoms with Gasteiger partial charge in [0.2, 0.25) is 5.91 Å². The number of nitrogens with zero attached hydrogens (tertiary/aromatic N) is 1. The van der Waals surface area contributed by atoms with Gasteiger partial charge in [0.25, 0.3) is 5.91 Å². The number of nitrogens with one attached hydrogen (secondary N) is 2. The van der Waals surface area contributed by atoms with Crippen LogP contribution in [0.5, 0.6) is 0 Å². The van der Waals surface area contributed by atoms with Crippen LogP contribution in [0.25, 0.3) is 0 Å². The molecule has 0 radical (unpaired) electrons. The van der Waals surface area contributed by atoms with Crippen LogP contribution >= 0.6 is 0 Å². The molecule has 1 aromatic carbocycles. The molecule has 0 atom stereocenters. The van der Waals surface area contributed by atoms with Gasteiger partial charge >= 0.3 is 6.03 Å². The minimum Gasteiger partial charge on any atom is -0.350 e. The zero-order valence-electron chi connectivity index (χ0n) is 14.3. The van der Waals surface area contributed by atoms with E-state index in [9.17, 15) is 14.4 Å². The largest absolute Gasteiger partial charge is 0.350 e. The first-order valence-corrected chi connectivity index (χ1v) is 8.47. The molecule has 1 aliphatic heterocycles. The molecule has 4 amide bonds. The van der Waals surface area contributed by atoms with Gasteiger partial charge < -0.3 is 10.6 Å². The predicted octanol–water partition coefficient (Wildman–Crippen LogP) is 2.19. The van der Waals surface area contributed by atoms with Crippen molar-refractivity contribution in [3.63, 3.8) is 0 Å². The minimum atomic E-state index is -0.847. The second-order valence-corrected chi connectivity index (χ2v) is 6.17. The molecule has 1 fully saturated rings. The third-order valence-corrected chi connectivity index (χ3v) is 4.23. The number of rotatable bonds is 8. The van der Waals surface area contributed by atoms with Crippen LogP contribution in [0.2, 0.25) is 0 Å². The van der Waals surface area contributed by atoms with Crippen molar-refractivity contribution in [3.8, 4) is 0 Å². The Kier molecular flexibility index (Phi) is 5.95. The highest BCUT2D eigenvalue weighted by atomic mass is 16.2. The molecule has 0 saturated carbocycles. The molecule has 24 heavy (non-hydrogen) atoms. The molecule has 2 rings (SSSR count). The third-order valence-electron chi connectivity index (χ3n) is 4.23. The molecule has 130 valence electrons. The zero-order chi connectivity index (χ0) is 17.6. The van der Waals surface area contributed by atoms with Crippen LogP contribution in [-0.4, -0.2) is 34.8 Å². The summed E-state index contributed by atoms with van der Waals surface area (Å²) in [7, 11) is 0. The summed E-state index contributed by atoms with van der Waals surface area (Å²) in [5, 5.41) is 5.55. The van der Waals surface area contributed by atoms with E-state index in [1.165, 1.54) is 0 Å². The number of imide groups is 1. The van der Waals surface area contributed by atoms with Crippen molar-refractivity contribution in [3.05, 3.63) is 35.9 Å². The van der Waals surface area contributed by atoms with Crippen LogP contribution in [0, 0.1) is 0 Å². The lowest BCUT2D eigenvalue weighted by atomic mass is 9.88. The molecular weight excluding hydrogens is 306 g/mol. The van der Waals surface area contributed by atoms with Gasteiger partial charge in [0.15, 0.2) is 0 Å². The molecule has 1 aromatic rings. The number of carbonyl (C=O) groups excluding carboxylic acids is 3. The topological polar surface area (TPSA) is 78.5 Å². The van der Waals surface area contributed by atoms with Crippen molar-refractivity contribution in [2.24, 2.45) is 0 Å².